The molecule has 1 aromatic carbocycles. The van der Waals surface area contributed by atoms with Crippen molar-refractivity contribution < 1.29 is 9.59 Å². The highest BCUT2D eigenvalue weighted by atomic mass is 35.5. The number of nitrogens with one attached hydrogen (secondary N) is 3. The van der Waals surface area contributed by atoms with Crippen molar-refractivity contribution >= 4 is 46.0 Å². The molecule has 1 heterocycles. The smallest absolute Gasteiger partial charge is 0.240 e. The summed E-state index contributed by atoms with van der Waals surface area (Å²) >= 11 is 7.13. The van der Waals surface area contributed by atoms with E-state index in [2.05, 4.69) is 27.7 Å². The zero-order chi connectivity index (χ0) is 17.0. The highest BCUT2D eigenvalue weighted by Crippen LogP contribution is 2.24. The van der Waals surface area contributed by atoms with Gasteiger partial charge in [-0.2, -0.15) is 5.10 Å². The maximum absolute atomic E-state index is 12.1. The Morgan fingerprint density at radius 2 is 2.26 bits per heavy atom. The fourth-order valence-electron chi connectivity index (χ4n) is 1.84. The standard InChI is InChI=1S/C15H17ClN4O2S/c1-8(2)19-20-15-18-14(22)12(23-15)7-13(21)17-11-6-10(16)5-4-9(11)3/h4-6,12,19H,1,7H2,2-3H3,(H,17,21)(H,18,20,22)/t12-/m0/s1. The number of aryl methyl sites for hydroxylation is 1. The SMILES string of the molecule is C=C(C)N/N=C1\NC(=O)[C@H](CC(=O)Nc2cc(Cl)ccc2C)S1. The van der Waals surface area contributed by atoms with Crippen LogP contribution in [0.3, 0.4) is 0 Å². The highest BCUT2D eigenvalue weighted by Gasteiger charge is 2.32. The summed E-state index contributed by atoms with van der Waals surface area (Å²) in [5, 5.41) is 9.84. The van der Waals surface area contributed by atoms with Crippen LogP contribution in [0.4, 0.5) is 5.69 Å². The molecule has 1 saturated heterocycles. The number of benzene rings is 1. The molecule has 0 spiro atoms. The number of allylic oxidation sites excluding steroid dienone is 1. The third-order valence-corrected chi connectivity index (χ3v) is 4.29. The van der Waals surface area contributed by atoms with Gasteiger partial charge in [-0.3, -0.25) is 15.0 Å². The molecule has 1 fully saturated rings. The Bertz CT molecular complexity index is 690. The van der Waals surface area contributed by atoms with E-state index in [1.165, 1.54) is 11.8 Å². The molecule has 0 unspecified atom stereocenters. The number of thioether (sulfide) groups is 1. The quantitative estimate of drug-likeness (QED) is 0.711. The van der Waals surface area contributed by atoms with E-state index in [9.17, 15) is 9.59 Å². The lowest BCUT2D eigenvalue weighted by molar-refractivity contribution is -0.122. The van der Waals surface area contributed by atoms with Crippen LogP contribution in [0.2, 0.25) is 5.02 Å². The molecule has 8 heteroatoms. The first-order valence-corrected chi connectivity index (χ1v) is 8.13. The molecule has 3 N–H and O–H groups in total. The Morgan fingerprint density at radius 3 is 2.96 bits per heavy atom. The third kappa shape index (κ3) is 5.01. The van der Waals surface area contributed by atoms with Gasteiger partial charge in [0, 0.05) is 22.8 Å². The molecule has 0 aliphatic carbocycles. The summed E-state index contributed by atoms with van der Waals surface area (Å²) in [6, 6.07) is 5.26. The van der Waals surface area contributed by atoms with E-state index in [-0.39, 0.29) is 18.2 Å². The molecule has 1 atom stereocenters. The largest absolute Gasteiger partial charge is 0.326 e. The lowest BCUT2D eigenvalue weighted by Crippen LogP contribution is -2.28. The van der Waals surface area contributed by atoms with Crippen molar-refractivity contribution in [2.75, 3.05) is 5.32 Å². The van der Waals surface area contributed by atoms with Crippen LogP contribution < -0.4 is 16.1 Å². The summed E-state index contributed by atoms with van der Waals surface area (Å²) in [5.41, 5.74) is 4.88. The topological polar surface area (TPSA) is 82.6 Å². The van der Waals surface area contributed by atoms with Crippen molar-refractivity contribution in [3.8, 4) is 0 Å². The van der Waals surface area contributed by atoms with Gasteiger partial charge in [0.15, 0.2) is 5.17 Å². The average Bonchev–Trinajstić information content (AvgIpc) is 2.81. The maximum Gasteiger partial charge on any atom is 0.240 e. The highest BCUT2D eigenvalue weighted by molar-refractivity contribution is 8.15. The maximum atomic E-state index is 12.1. The number of rotatable bonds is 5. The van der Waals surface area contributed by atoms with Gasteiger partial charge in [0.25, 0.3) is 0 Å². The van der Waals surface area contributed by atoms with Crippen LogP contribution in [0.15, 0.2) is 35.6 Å². The number of hydrogen-bond donors (Lipinski definition) is 3. The van der Waals surface area contributed by atoms with E-state index < -0.39 is 5.25 Å². The summed E-state index contributed by atoms with van der Waals surface area (Å²) < 4.78 is 0. The summed E-state index contributed by atoms with van der Waals surface area (Å²) in [6.45, 7) is 7.28. The Kier molecular flexibility index (Phi) is 5.68. The number of amidine groups is 1. The molecule has 0 radical (unpaired) electrons. The molecular weight excluding hydrogens is 336 g/mol. The molecule has 6 nitrogen and oxygen atoms in total. The van der Waals surface area contributed by atoms with Crippen molar-refractivity contribution in [1.82, 2.24) is 10.7 Å². The second-order valence-corrected chi connectivity index (χ2v) is 6.74. The van der Waals surface area contributed by atoms with Crippen LogP contribution in [0, 0.1) is 6.92 Å². The predicted octanol–water partition coefficient (Wildman–Crippen LogP) is 2.60. The van der Waals surface area contributed by atoms with Crippen molar-refractivity contribution in [1.29, 1.82) is 0 Å². The van der Waals surface area contributed by atoms with E-state index in [4.69, 9.17) is 11.6 Å². The van der Waals surface area contributed by atoms with Crippen molar-refractivity contribution in [2.45, 2.75) is 25.5 Å². The Balaban J connectivity index is 1.95. The van der Waals surface area contributed by atoms with Gasteiger partial charge in [-0.05, 0) is 31.5 Å². The van der Waals surface area contributed by atoms with Gasteiger partial charge in [-0.1, -0.05) is 36.0 Å². The number of carbonyl (C=O) groups is 2. The van der Waals surface area contributed by atoms with Gasteiger partial charge in [0.1, 0.15) is 5.25 Å². The normalized spacial score (nSPS) is 18.7. The zero-order valence-corrected chi connectivity index (χ0v) is 14.3. The Hall–Kier alpha value is -1.99. The second-order valence-electron chi connectivity index (χ2n) is 5.12. The fraction of sp³-hybridized carbons (Fsp3) is 0.267. The Labute approximate surface area is 143 Å². The minimum Gasteiger partial charge on any atom is -0.326 e. The summed E-state index contributed by atoms with van der Waals surface area (Å²) in [4.78, 5) is 24.0. The lowest BCUT2D eigenvalue weighted by atomic mass is 10.2. The monoisotopic (exact) mass is 352 g/mol. The number of nitrogens with zero attached hydrogens (tertiary/aromatic N) is 1. The molecular formula is C15H17ClN4O2S. The number of hydrazone groups is 1. The van der Waals surface area contributed by atoms with Crippen LogP contribution in [-0.2, 0) is 9.59 Å². The van der Waals surface area contributed by atoms with Crippen LogP contribution in [0.1, 0.15) is 18.9 Å². The first-order valence-electron chi connectivity index (χ1n) is 6.88. The first-order chi connectivity index (χ1) is 10.8. The van der Waals surface area contributed by atoms with Crippen LogP contribution in [0.25, 0.3) is 0 Å². The van der Waals surface area contributed by atoms with Gasteiger partial charge >= 0.3 is 0 Å². The molecule has 122 valence electrons. The zero-order valence-electron chi connectivity index (χ0n) is 12.8. The summed E-state index contributed by atoms with van der Waals surface area (Å²) in [6.07, 6.45) is 0.0501. The minimum atomic E-state index is -0.514. The van der Waals surface area contributed by atoms with Crippen molar-refractivity contribution in [3.63, 3.8) is 0 Å². The van der Waals surface area contributed by atoms with E-state index in [1.807, 2.05) is 13.0 Å². The number of halogens is 1. The molecule has 1 aliphatic heterocycles. The van der Waals surface area contributed by atoms with E-state index in [0.717, 1.165) is 5.56 Å². The molecule has 2 amide bonds. The number of carbonyl (C=O) groups excluding carboxylic acids is 2. The Morgan fingerprint density at radius 1 is 1.52 bits per heavy atom. The van der Waals surface area contributed by atoms with Gasteiger partial charge in [-0.15, -0.1) is 0 Å². The second kappa shape index (κ2) is 7.52. The number of amides is 2. The van der Waals surface area contributed by atoms with Crippen molar-refractivity contribution in [3.05, 3.63) is 41.1 Å². The molecule has 2 rings (SSSR count). The lowest BCUT2D eigenvalue weighted by Gasteiger charge is -2.10. The summed E-state index contributed by atoms with van der Waals surface area (Å²) in [5.74, 6) is -0.493. The van der Waals surface area contributed by atoms with Crippen molar-refractivity contribution in [2.24, 2.45) is 5.10 Å². The molecule has 1 aromatic rings. The van der Waals surface area contributed by atoms with E-state index in [1.54, 1.807) is 19.1 Å². The fourth-order valence-corrected chi connectivity index (χ4v) is 2.94. The van der Waals surface area contributed by atoms with Gasteiger partial charge in [0.05, 0.1) is 0 Å². The molecule has 1 aliphatic rings. The van der Waals surface area contributed by atoms with E-state index >= 15 is 0 Å². The molecule has 23 heavy (non-hydrogen) atoms. The summed E-state index contributed by atoms with van der Waals surface area (Å²) in [7, 11) is 0. The number of hydrogen-bond acceptors (Lipinski definition) is 5. The van der Waals surface area contributed by atoms with Gasteiger partial charge < -0.3 is 10.6 Å². The van der Waals surface area contributed by atoms with E-state index in [0.29, 0.717) is 21.6 Å². The van der Waals surface area contributed by atoms with Gasteiger partial charge in [-0.25, -0.2) is 0 Å². The molecule has 0 aromatic heterocycles. The van der Waals surface area contributed by atoms with Crippen LogP contribution in [0.5, 0.6) is 0 Å². The van der Waals surface area contributed by atoms with Gasteiger partial charge in [0.2, 0.25) is 11.8 Å². The predicted molar refractivity (Wildman–Crippen MR) is 94.3 cm³/mol. The number of anilines is 1. The molecule has 0 bridgehead atoms. The minimum absolute atomic E-state index is 0.0501. The third-order valence-electron chi connectivity index (χ3n) is 2.97. The molecule has 0 saturated carbocycles. The average molecular weight is 353 g/mol. The van der Waals surface area contributed by atoms with Crippen LogP contribution >= 0.6 is 23.4 Å². The van der Waals surface area contributed by atoms with Crippen LogP contribution in [-0.4, -0.2) is 22.2 Å². The first kappa shape index (κ1) is 17.4.